The van der Waals surface area contributed by atoms with Crippen molar-refractivity contribution < 1.29 is 4.52 Å². The number of halogens is 1. The van der Waals surface area contributed by atoms with Crippen molar-refractivity contribution in [2.45, 2.75) is 6.92 Å². The Morgan fingerprint density at radius 3 is 2.59 bits per heavy atom. The summed E-state index contributed by atoms with van der Waals surface area (Å²) >= 11 is 5.87. The van der Waals surface area contributed by atoms with Gasteiger partial charge in [-0.15, -0.1) is 0 Å². The Bertz CT molecular complexity index is 670. The van der Waals surface area contributed by atoms with Crippen LogP contribution in [0.2, 0.25) is 5.02 Å². The van der Waals surface area contributed by atoms with E-state index in [2.05, 4.69) is 18.1 Å². The standard InChI is InChI=1S/C14H10ClNO/c1-9-2-7-13-12(8-9)14(17-16-13)10-3-5-11(15)6-4-10/h2-8H,1H3. The summed E-state index contributed by atoms with van der Waals surface area (Å²) in [5.41, 5.74) is 3.05. The Morgan fingerprint density at radius 1 is 1.06 bits per heavy atom. The highest BCUT2D eigenvalue weighted by Gasteiger charge is 2.10. The smallest absolute Gasteiger partial charge is 0.174 e. The van der Waals surface area contributed by atoms with Gasteiger partial charge in [-0.05, 0) is 43.3 Å². The van der Waals surface area contributed by atoms with Gasteiger partial charge in [0.05, 0.1) is 0 Å². The maximum absolute atomic E-state index is 5.87. The first-order chi connectivity index (χ1) is 8.24. The van der Waals surface area contributed by atoms with E-state index >= 15 is 0 Å². The number of benzene rings is 2. The minimum Gasteiger partial charge on any atom is -0.355 e. The third-order valence-corrected chi connectivity index (χ3v) is 2.99. The van der Waals surface area contributed by atoms with Gasteiger partial charge in [0, 0.05) is 16.0 Å². The van der Waals surface area contributed by atoms with Crippen molar-refractivity contribution in [3.8, 4) is 11.3 Å². The largest absolute Gasteiger partial charge is 0.355 e. The molecule has 0 aliphatic carbocycles. The third kappa shape index (κ3) is 1.81. The van der Waals surface area contributed by atoms with Crippen LogP contribution in [0, 0.1) is 6.92 Å². The normalized spacial score (nSPS) is 10.9. The maximum atomic E-state index is 5.87. The quantitative estimate of drug-likeness (QED) is 0.631. The van der Waals surface area contributed by atoms with Crippen LogP contribution in [0.15, 0.2) is 47.0 Å². The Hall–Kier alpha value is -1.80. The highest BCUT2D eigenvalue weighted by atomic mass is 35.5. The second-order valence-corrected chi connectivity index (χ2v) is 4.48. The van der Waals surface area contributed by atoms with Gasteiger partial charge in [-0.3, -0.25) is 0 Å². The molecular formula is C14H10ClNO. The minimum atomic E-state index is 0.716. The molecule has 0 aliphatic heterocycles. The summed E-state index contributed by atoms with van der Waals surface area (Å²) in [5.74, 6) is 0.792. The van der Waals surface area contributed by atoms with E-state index in [0.717, 1.165) is 22.2 Å². The van der Waals surface area contributed by atoms with Gasteiger partial charge in [-0.1, -0.05) is 28.4 Å². The molecule has 84 valence electrons. The second-order valence-electron chi connectivity index (χ2n) is 4.04. The Kier molecular flexibility index (Phi) is 2.37. The van der Waals surface area contributed by atoms with Gasteiger partial charge in [0.2, 0.25) is 0 Å². The number of aromatic nitrogens is 1. The van der Waals surface area contributed by atoms with Crippen molar-refractivity contribution in [3.05, 3.63) is 53.1 Å². The van der Waals surface area contributed by atoms with Crippen molar-refractivity contribution in [2.24, 2.45) is 0 Å². The first kappa shape index (κ1) is 10.4. The van der Waals surface area contributed by atoms with Crippen LogP contribution >= 0.6 is 11.6 Å². The molecular weight excluding hydrogens is 234 g/mol. The zero-order valence-corrected chi connectivity index (χ0v) is 10.0. The number of rotatable bonds is 1. The molecule has 1 aromatic heterocycles. The lowest BCUT2D eigenvalue weighted by Crippen LogP contribution is -1.76. The summed E-state index contributed by atoms with van der Waals surface area (Å²) < 4.78 is 5.40. The molecule has 2 nitrogen and oxygen atoms in total. The van der Waals surface area contributed by atoms with Crippen LogP contribution in [-0.4, -0.2) is 5.16 Å². The molecule has 0 fully saturated rings. The fourth-order valence-corrected chi connectivity index (χ4v) is 1.99. The van der Waals surface area contributed by atoms with E-state index in [1.54, 1.807) is 0 Å². The molecule has 0 saturated carbocycles. The first-order valence-electron chi connectivity index (χ1n) is 5.36. The van der Waals surface area contributed by atoms with E-state index in [4.69, 9.17) is 16.1 Å². The summed E-state index contributed by atoms with van der Waals surface area (Å²) in [6.45, 7) is 2.05. The monoisotopic (exact) mass is 243 g/mol. The third-order valence-electron chi connectivity index (χ3n) is 2.74. The Morgan fingerprint density at radius 2 is 1.82 bits per heavy atom. The van der Waals surface area contributed by atoms with Gasteiger partial charge in [0.15, 0.2) is 5.76 Å². The predicted octanol–water partition coefficient (Wildman–Crippen LogP) is 4.46. The van der Waals surface area contributed by atoms with Crippen LogP contribution in [0.1, 0.15) is 5.56 Å². The van der Waals surface area contributed by atoms with Crippen molar-refractivity contribution in [3.63, 3.8) is 0 Å². The van der Waals surface area contributed by atoms with E-state index in [9.17, 15) is 0 Å². The highest BCUT2D eigenvalue weighted by Crippen LogP contribution is 2.29. The fraction of sp³-hybridized carbons (Fsp3) is 0.0714. The summed E-state index contributed by atoms with van der Waals surface area (Å²) in [5, 5.41) is 5.80. The van der Waals surface area contributed by atoms with Crippen molar-refractivity contribution in [2.75, 3.05) is 0 Å². The molecule has 3 rings (SSSR count). The zero-order chi connectivity index (χ0) is 11.8. The van der Waals surface area contributed by atoms with Crippen molar-refractivity contribution in [1.82, 2.24) is 5.16 Å². The maximum Gasteiger partial charge on any atom is 0.174 e. The van der Waals surface area contributed by atoms with E-state index < -0.39 is 0 Å². The molecule has 0 unspecified atom stereocenters. The lowest BCUT2D eigenvalue weighted by molar-refractivity contribution is 0.441. The molecule has 0 N–H and O–H groups in total. The predicted molar refractivity (Wildman–Crippen MR) is 69.2 cm³/mol. The van der Waals surface area contributed by atoms with E-state index in [1.165, 1.54) is 5.56 Å². The van der Waals surface area contributed by atoms with Crippen LogP contribution < -0.4 is 0 Å². The fourth-order valence-electron chi connectivity index (χ4n) is 1.86. The molecule has 17 heavy (non-hydrogen) atoms. The molecule has 2 aromatic carbocycles. The number of hydrogen-bond acceptors (Lipinski definition) is 2. The molecule has 3 aromatic rings. The van der Waals surface area contributed by atoms with Crippen LogP contribution in [-0.2, 0) is 0 Å². The summed E-state index contributed by atoms with van der Waals surface area (Å²) in [7, 11) is 0. The van der Waals surface area contributed by atoms with E-state index in [0.29, 0.717) is 5.02 Å². The van der Waals surface area contributed by atoms with Gasteiger partial charge in [-0.2, -0.15) is 0 Å². The van der Waals surface area contributed by atoms with E-state index in [-0.39, 0.29) is 0 Å². The highest BCUT2D eigenvalue weighted by molar-refractivity contribution is 6.30. The molecule has 0 spiro atoms. The van der Waals surface area contributed by atoms with Gasteiger partial charge in [0.25, 0.3) is 0 Å². The molecule has 0 saturated heterocycles. The second kappa shape index (κ2) is 3.90. The van der Waals surface area contributed by atoms with Gasteiger partial charge < -0.3 is 4.52 Å². The summed E-state index contributed by atoms with van der Waals surface area (Å²) in [6.07, 6.45) is 0. The topological polar surface area (TPSA) is 26.0 Å². The Labute approximate surface area is 104 Å². The number of fused-ring (bicyclic) bond motifs is 1. The number of hydrogen-bond donors (Lipinski definition) is 0. The SMILES string of the molecule is Cc1ccc2noc(-c3ccc(Cl)cc3)c2c1. The lowest BCUT2D eigenvalue weighted by Gasteiger charge is -1.97. The summed E-state index contributed by atoms with van der Waals surface area (Å²) in [4.78, 5) is 0. The number of aryl methyl sites for hydroxylation is 1. The van der Waals surface area contributed by atoms with Crippen molar-refractivity contribution in [1.29, 1.82) is 0 Å². The lowest BCUT2D eigenvalue weighted by atomic mass is 10.1. The molecule has 3 heteroatoms. The average molecular weight is 244 g/mol. The molecule has 0 aliphatic rings. The van der Waals surface area contributed by atoms with Crippen LogP contribution in [0.25, 0.3) is 22.2 Å². The number of nitrogens with zero attached hydrogens (tertiary/aromatic N) is 1. The van der Waals surface area contributed by atoms with Crippen LogP contribution in [0.3, 0.4) is 0 Å². The molecule has 0 amide bonds. The zero-order valence-electron chi connectivity index (χ0n) is 9.27. The van der Waals surface area contributed by atoms with Gasteiger partial charge >= 0.3 is 0 Å². The first-order valence-corrected chi connectivity index (χ1v) is 5.74. The molecule has 1 heterocycles. The molecule has 0 atom stereocenters. The molecule has 0 radical (unpaired) electrons. The minimum absolute atomic E-state index is 0.716. The van der Waals surface area contributed by atoms with Crippen LogP contribution in [0.5, 0.6) is 0 Å². The van der Waals surface area contributed by atoms with Gasteiger partial charge in [-0.25, -0.2) is 0 Å². The molecule has 0 bridgehead atoms. The van der Waals surface area contributed by atoms with E-state index in [1.807, 2.05) is 36.4 Å². The van der Waals surface area contributed by atoms with Crippen molar-refractivity contribution >= 4 is 22.5 Å². The summed E-state index contributed by atoms with van der Waals surface area (Å²) in [6, 6.07) is 13.6. The van der Waals surface area contributed by atoms with Crippen LogP contribution in [0.4, 0.5) is 0 Å². The average Bonchev–Trinajstić information content (AvgIpc) is 2.73. The van der Waals surface area contributed by atoms with Gasteiger partial charge in [0.1, 0.15) is 5.52 Å². The Balaban J connectivity index is 2.23.